The van der Waals surface area contributed by atoms with E-state index in [-0.39, 0.29) is 5.78 Å². The van der Waals surface area contributed by atoms with Crippen LogP contribution in [-0.2, 0) is 0 Å². The van der Waals surface area contributed by atoms with Crippen LogP contribution in [0.2, 0.25) is 0 Å². The van der Waals surface area contributed by atoms with Crippen LogP contribution in [0.5, 0.6) is 0 Å². The summed E-state index contributed by atoms with van der Waals surface area (Å²) in [6.07, 6.45) is 0. The molecule has 0 fully saturated rings. The van der Waals surface area contributed by atoms with E-state index in [1.165, 1.54) is 11.3 Å². The van der Waals surface area contributed by atoms with E-state index in [0.29, 0.717) is 16.1 Å². The SMILES string of the molecule is Cc1ccc(C(=O)c2c(N)sc(C)c2-c2ccccc2)cc1. The maximum atomic E-state index is 12.9. The highest BCUT2D eigenvalue weighted by atomic mass is 32.1. The van der Waals surface area contributed by atoms with Gasteiger partial charge in [0, 0.05) is 16.0 Å². The van der Waals surface area contributed by atoms with E-state index >= 15 is 0 Å². The maximum Gasteiger partial charge on any atom is 0.196 e. The number of benzene rings is 2. The third-order valence-electron chi connectivity index (χ3n) is 3.71. The molecule has 0 saturated carbocycles. The first-order chi connectivity index (χ1) is 10.6. The molecule has 3 heteroatoms. The predicted molar refractivity (Wildman–Crippen MR) is 93.5 cm³/mol. The summed E-state index contributed by atoms with van der Waals surface area (Å²) in [5.41, 5.74) is 10.6. The standard InChI is InChI=1S/C19H17NOS/c1-12-8-10-15(11-9-12)18(21)17-16(13(2)22-19(17)20)14-6-4-3-5-7-14/h3-11H,20H2,1-2H3. The van der Waals surface area contributed by atoms with Gasteiger partial charge in [-0.05, 0) is 19.4 Å². The Morgan fingerprint density at radius 1 is 0.955 bits per heavy atom. The van der Waals surface area contributed by atoms with Crippen molar-refractivity contribution in [2.24, 2.45) is 0 Å². The van der Waals surface area contributed by atoms with Gasteiger partial charge in [-0.3, -0.25) is 4.79 Å². The maximum absolute atomic E-state index is 12.9. The predicted octanol–water partition coefficient (Wildman–Crippen LogP) is 4.85. The molecule has 0 radical (unpaired) electrons. The van der Waals surface area contributed by atoms with Gasteiger partial charge in [-0.15, -0.1) is 11.3 Å². The number of carbonyl (C=O) groups is 1. The van der Waals surface area contributed by atoms with E-state index in [1.54, 1.807) is 0 Å². The van der Waals surface area contributed by atoms with Crippen LogP contribution in [0.25, 0.3) is 11.1 Å². The monoisotopic (exact) mass is 307 g/mol. The lowest BCUT2D eigenvalue weighted by molar-refractivity contribution is 0.104. The Bertz CT molecular complexity index is 817. The van der Waals surface area contributed by atoms with Crippen molar-refractivity contribution in [3.05, 3.63) is 76.2 Å². The molecular formula is C19H17NOS. The molecule has 1 heterocycles. The van der Waals surface area contributed by atoms with Gasteiger partial charge < -0.3 is 5.73 Å². The van der Waals surface area contributed by atoms with Crippen LogP contribution < -0.4 is 5.73 Å². The molecule has 2 aromatic carbocycles. The summed E-state index contributed by atoms with van der Waals surface area (Å²) < 4.78 is 0. The molecule has 0 amide bonds. The van der Waals surface area contributed by atoms with E-state index < -0.39 is 0 Å². The average molecular weight is 307 g/mol. The third-order valence-corrected chi connectivity index (χ3v) is 4.65. The summed E-state index contributed by atoms with van der Waals surface area (Å²) in [6.45, 7) is 4.02. The second kappa shape index (κ2) is 5.78. The minimum atomic E-state index is -0.0132. The van der Waals surface area contributed by atoms with Gasteiger partial charge in [0.2, 0.25) is 0 Å². The lowest BCUT2D eigenvalue weighted by Gasteiger charge is -2.07. The van der Waals surface area contributed by atoms with Gasteiger partial charge in [0.1, 0.15) is 0 Å². The number of rotatable bonds is 3. The van der Waals surface area contributed by atoms with Crippen LogP contribution >= 0.6 is 11.3 Å². The average Bonchev–Trinajstić information content (AvgIpc) is 2.82. The largest absolute Gasteiger partial charge is 0.390 e. The quantitative estimate of drug-likeness (QED) is 0.703. The molecule has 22 heavy (non-hydrogen) atoms. The summed E-state index contributed by atoms with van der Waals surface area (Å²) in [5, 5.41) is 0.585. The molecule has 1 aromatic heterocycles. The zero-order chi connectivity index (χ0) is 15.7. The number of carbonyl (C=O) groups excluding carboxylic acids is 1. The van der Waals surface area contributed by atoms with Gasteiger partial charge in [0.25, 0.3) is 0 Å². The van der Waals surface area contributed by atoms with Crippen molar-refractivity contribution in [2.45, 2.75) is 13.8 Å². The molecule has 2 nitrogen and oxygen atoms in total. The first-order valence-electron chi connectivity index (χ1n) is 7.13. The van der Waals surface area contributed by atoms with Gasteiger partial charge in [-0.1, -0.05) is 60.2 Å². The molecular weight excluding hydrogens is 290 g/mol. The topological polar surface area (TPSA) is 43.1 Å². The molecule has 3 rings (SSSR count). The lowest BCUT2D eigenvalue weighted by Crippen LogP contribution is -2.04. The van der Waals surface area contributed by atoms with E-state index in [1.807, 2.05) is 68.4 Å². The van der Waals surface area contributed by atoms with E-state index in [2.05, 4.69) is 0 Å². The van der Waals surface area contributed by atoms with Crippen molar-refractivity contribution < 1.29 is 4.79 Å². The Morgan fingerprint density at radius 2 is 1.59 bits per heavy atom. The third kappa shape index (κ3) is 2.55. The van der Waals surface area contributed by atoms with Crippen LogP contribution in [0.1, 0.15) is 26.4 Å². The summed E-state index contributed by atoms with van der Waals surface area (Å²) in [4.78, 5) is 14.0. The van der Waals surface area contributed by atoms with Crippen molar-refractivity contribution in [2.75, 3.05) is 5.73 Å². The highest BCUT2D eigenvalue weighted by Gasteiger charge is 2.22. The van der Waals surface area contributed by atoms with Crippen molar-refractivity contribution in [1.82, 2.24) is 0 Å². The molecule has 0 saturated heterocycles. The Labute approximate surface area is 134 Å². The normalized spacial score (nSPS) is 10.6. The molecule has 0 spiro atoms. The summed E-state index contributed by atoms with van der Waals surface area (Å²) in [5.74, 6) is -0.0132. The number of aryl methyl sites for hydroxylation is 2. The Hall–Kier alpha value is -2.39. The van der Waals surface area contributed by atoms with Crippen LogP contribution in [0.15, 0.2) is 54.6 Å². The molecule has 0 atom stereocenters. The van der Waals surface area contributed by atoms with E-state index in [0.717, 1.165) is 21.6 Å². The summed E-state index contributed by atoms with van der Waals surface area (Å²) in [6, 6.07) is 17.6. The minimum absolute atomic E-state index is 0.0132. The first-order valence-corrected chi connectivity index (χ1v) is 7.95. The van der Waals surface area contributed by atoms with Crippen molar-refractivity contribution in [1.29, 1.82) is 0 Å². The molecule has 3 aromatic rings. The minimum Gasteiger partial charge on any atom is -0.390 e. The van der Waals surface area contributed by atoms with E-state index in [4.69, 9.17) is 5.73 Å². The number of ketones is 1. The number of thiophene rings is 1. The van der Waals surface area contributed by atoms with Crippen molar-refractivity contribution in [3.63, 3.8) is 0 Å². The number of nitrogens with two attached hydrogens (primary N) is 1. The zero-order valence-corrected chi connectivity index (χ0v) is 13.4. The van der Waals surface area contributed by atoms with Gasteiger partial charge >= 0.3 is 0 Å². The molecule has 0 unspecified atom stereocenters. The highest BCUT2D eigenvalue weighted by Crippen LogP contribution is 2.39. The van der Waals surface area contributed by atoms with Gasteiger partial charge in [0.15, 0.2) is 5.78 Å². The second-order valence-corrected chi connectivity index (χ2v) is 6.59. The van der Waals surface area contributed by atoms with Gasteiger partial charge in [-0.2, -0.15) is 0 Å². The fourth-order valence-corrected chi connectivity index (χ4v) is 3.54. The van der Waals surface area contributed by atoms with Crippen molar-refractivity contribution in [3.8, 4) is 11.1 Å². The summed E-state index contributed by atoms with van der Waals surface area (Å²) >= 11 is 1.47. The molecule has 0 aliphatic rings. The second-order valence-electron chi connectivity index (χ2n) is 5.33. The molecule has 2 N–H and O–H groups in total. The van der Waals surface area contributed by atoms with Gasteiger partial charge in [-0.25, -0.2) is 0 Å². The molecule has 0 aliphatic heterocycles. The Morgan fingerprint density at radius 3 is 2.23 bits per heavy atom. The van der Waals surface area contributed by atoms with Crippen LogP contribution in [0, 0.1) is 13.8 Å². The van der Waals surface area contributed by atoms with Crippen LogP contribution in [0.4, 0.5) is 5.00 Å². The smallest absolute Gasteiger partial charge is 0.196 e. The fraction of sp³-hybridized carbons (Fsp3) is 0.105. The van der Waals surface area contributed by atoms with Gasteiger partial charge in [0.05, 0.1) is 10.6 Å². The molecule has 0 bridgehead atoms. The zero-order valence-electron chi connectivity index (χ0n) is 12.6. The fourth-order valence-electron chi connectivity index (χ4n) is 2.59. The lowest BCUT2D eigenvalue weighted by atomic mass is 9.95. The van der Waals surface area contributed by atoms with Crippen LogP contribution in [-0.4, -0.2) is 5.78 Å². The van der Waals surface area contributed by atoms with Crippen LogP contribution in [0.3, 0.4) is 0 Å². The van der Waals surface area contributed by atoms with Crippen molar-refractivity contribution >= 4 is 22.1 Å². The Kier molecular flexibility index (Phi) is 3.82. The molecule has 110 valence electrons. The number of hydrogen-bond donors (Lipinski definition) is 1. The number of anilines is 1. The first kappa shape index (κ1) is 14.5. The highest BCUT2D eigenvalue weighted by molar-refractivity contribution is 7.16. The Balaban J connectivity index is 2.15. The summed E-state index contributed by atoms with van der Waals surface area (Å²) in [7, 11) is 0. The number of hydrogen-bond acceptors (Lipinski definition) is 3. The van der Waals surface area contributed by atoms with E-state index in [9.17, 15) is 4.79 Å². The molecule has 0 aliphatic carbocycles. The number of nitrogen functional groups attached to an aromatic ring is 1.